The number of oxazole rings is 1. The van der Waals surface area contributed by atoms with Crippen LogP contribution in [0.25, 0.3) is 0 Å². The smallest absolute Gasteiger partial charge is 0.180 e. The molecule has 0 atom stereocenters. The summed E-state index contributed by atoms with van der Waals surface area (Å²) in [6.07, 6.45) is 7.80. The van der Waals surface area contributed by atoms with E-state index in [0.29, 0.717) is 0 Å². The molecule has 78 valence electrons. The van der Waals surface area contributed by atoms with Crippen LogP contribution in [0.5, 0.6) is 0 Å². The number of nitrogens with zero attached hydrogens (tertiary/aromatic N) is 2. The van der Waals surface area contributed by atoms with Crippen molar-refractivity contribution in [3.05, 3.63) is 48.4 Å². The van der Waals surface area contributed by atoms with E-state index in [2.05, 4.69) is 21.4 Å². The molecule has 0 aliphatic heterocycles. The van der Waals surface area contributed by atoms with Gasteiger partial charge in [0.25, 0.3) is 0 Å². The molecule has 0 amide bonds. The molecule has 2 heterocycles. The van der Waals surface area contributed by atoms with Crippen LogP contribution in [0.1, 0.15) is 11.3 Å². The lowest BCUT2D eigenvalue weighted by atomic mass is 10.2. The Bertz CT molecular complexity index is 372. The van der Waals surface area contributed by atoms with Crippen LogP contribution in [0.2, 0.25) is 0 Å². The maximum absolute atomic E-state index is 5.10. The predicted octanol–water partition coefficient (Wildman–Crippen LogP) is 1.40. The molecule has 0 fully saturated rings. The molecule has 1 N–H and O–H groups in total. The van der Waals surface area contributed by atoms with E-state index in [-0.39, 0.29) is 0 Å². The van der Waals surface area contributed by atoms with E-state index in [1.807, 2.05) is 12.3 Å². The Morgan fingerprint density at radius 1 is 1.27 bits per heavy atom. The summed E-state index contributed by atoms with van der Waals surface area (Å²) in [5.74, 6) is 0.862. The zero-order valence-electron chi connectivity index (χ0n) is 8.39. The molecule has 0 unspecified atom stereocenters. The van der Waals surface area contributed by atoms with Crippen LogP contribution in [-0.2, 0) is 13.0 Å². The van der Waals surface area contributed by atoms with E-state index >= 15 is 0 Å². The molecule has 0 aromatic carbocycles. The Morgan fingerprint density at radius 2 is 2.27 bits per heavy atom. The Balaban J connectivity index is 1.68. The lowest BCUT2D eigenvalue weighted by molar-refractivity contribution is 0.480. The largest absolute Gasteiger partial charge is 0.447 e. The molecule has 4 nitrogen and oxygen atoms in total. The fourth-order valence-electron chi connectivity index (χ4n) is 1.32. The first-order valence-electron chi connectivity index (χ1n) is 4.92. The van der Waals surface area contributed by atoms with Gasteiger partial charge in [-0.1, -0.05) is 6.07 Å². The zero-order chi connectivity index (χ0) is 10.3. The van der Waals surface area contributed by atoms with Gasteiger partial charge >= 0.3 is 0 Å². The topological polar surface area (TPSA) is 51.0 Å². The van der Waals surface area contributed by atoms with Gasteiger partial charge in [0.1, 0.15) is 5.76 Å². The highest BCUT2D eigenvalue weighted by atomic mass is 16.3. The van der Waals surface area contributed by atoms with Crippen LogP contribution in [0, 0.1) is 0 Å². The number of nitrogens with one attached hydrogen (secondary N) is 1. The Kier molecular flexibility index (Phi) is 3.46. The van der Waals surface area contributed by atoms with Gasteiger partial charge in [-0.25, -0.2) is 4.98 Å². The molecule has 2 rings (SSSR count). The number of hydrogen-bond acceptors (Lipinski definition) is 4. The van der Waals surface area contributed by atoms with E-state index in [4.69, 9.17) is 4.42 Å². The van der Waals surface area contributed by atoms with Crippen LogP contribution in [0.15, 0.2) is 41.5 Å². The number of aromatic nitrogens is 2. The Hall–Kier alpha value is -1.68. The Labute approximate surface area is 88.4 Å². The minimum absolute atomic E-state index is 0.722. The third-order valence-electron chi connectivity index (χ3n) is 2.10. The highest BCUT2D eigenvalue weighted by Crippen LogP contribution is 1.97. The van der Waals surface area contributed by atoms with Gasteiger partial charge in [0.05, 0.1) is 12.7 Å². The normalized spacial score (nSPS) is 10.4. The van der Waals surface area contributed by atoms with E-state index < -0.39 is 0 Å². The fourth-order valence-corrected chi connectivity index (χ4v) is 1.32. The van der Waals surface area contributed by atoms with E-state index in [9.17, 15) is 0 Å². The number of pyridine rings is 1. The van der Waals surface area contributed by atoms with Crippen molar-refractivity contribution in [2.75, 3.05) is 6.54 Å². The number of hydrogen-bond donors (Lipinski definition) is 1. The standard InChI is InChI=1S/C11H13N3O/c1-2-10(6-12-4-1)3-5-13-7-11-8-14-9-15-11/h1-2,4,6,8-9,13H,3,5,7H2. The van der Waals surface area contributed by atoms with Crippen LogP contribution >= 0.6 is 0 Å². The van der Waals surface area contributed by atoms with Gasteiger partial charge in [0, 0.05) is 12.4 Å². The fraction of sp³-hybridized carbons (Fsp3) is 0.273. The first-order valence-corrected chi connectivity index (χ1v) is 4.92. The minimum Gasteiger partial charge on any atom is -0.447 e. The van der Waals surface area contributed by atoms with Gasteiger partial charge in [-0.15, -0.1) is 0 Å². The average Bonchev–Trinajstić information content (AvgIpc) is 2.79. The van der Waals surface area contributed by atoms with Crippen molar-refractivity contribution >= 4 is 0 Å². The monoisotopic (exact) mass is 203 g/mol. The third-order valence-corrected chi connectivity index (χ3v) is 2.10. The van der Waals surface area contributed by atoms with Crippen LogP contribution in [0.4, 0.5) is 0 Å². The Morgan fingerprint density at radius 3 is 3.00 bits per heavy atom. The minimum atomic E-state index is 0.722. The summed E-state index contributed by atoms with van der Waals surface area (Å²) < 4.78 is 5.10. The van der Waals surface area contributed by atoms with Crippen molar-refractivity contribution < 1.29 is 4.42 Å². The van der Waals surface area contributed by atoms with Crippen molar-refractivity contribution in [3.63, 3.8) is 0 Å². The third kappa shape index (κ3) is 3.18. The summed E-state index contributed by atoms with van der Waals surface area (Å²) in [5.41, 5.74) is 1.24. The van der Waals surface area contributed by atoms with Crippen molar-refractivity contribution in [1.29, 1.82) is 0 Å². The van der Waals surface area contributed by atoms with E-state index in [1.165, 1.54) is 12.0 Å². The summed E-state index contributed by atoms with van der Waals surface area (Å²) in [4.78, 5) is 7.90. The molecule has 2 aromatic rings. The first-order chi connectivity index (χ1) is 7.45. The second kappa shape index (κ2) is 5.26. The van der Waals surface area contributed by atoms with E-state index in [0.717, 1.165) is 25.3 Å². The molecule has 0 radical (unpaired) electrons. The van der Waals surface area contributed by atoms with Gasteiger partial charge < -0.3 is 9.73 Å². The number of rotatable bonds is 5. The molecule has 0 spiro atoms. The summed E-state index contributed by atoms with van der Waals surface area (Å²) in [6.45, 7) is 1.63. The van der Waals surface area contributed by atoms with Gasteiger partial charge in [-0.2, -0.15) is 0 Å². The molecule has 0 aliphatic carbocycles. The SMILES string of the molecule is c1cncc(CCNCc2cnco2)c1. The second-order valence-corrected chi connectivity index (χ2v) is 3.26. The van der Waals surface area contributed by atoms with Crippen molar-refractivity contribution in [2.45, 2.75) is 13.0 Å². The van der Waals surface area contributed by atoms with Gasteiger partial charge in [0.15, 0.2) is 6.39 Å². The molecule has 4 heteroatoms. The van der Waals surface area contributed by atoms with Crippen molar-refractivity contribution in [2.24, 2.45) is 0 Å². The molecule has 2 aromatic heterocycles. The predicted molar refractivity (Wildman–Crippen MR) is 56.2 cm³/mol. The summed E-state index contributed by atoms with van der Waals surface area (Å²) in [5, 5.41) is 3.27. The lowest BCUT2D eigenvalue weighted by Crippen LogP contribution is -2.16. The van der Waals surface area contributed by atoms with Crippen LogP contribution in [-0.4, -0.2) is 16.5 Å². The molecule has 0 saturated carbocycles. The molecule has 0 aliphatic rings. The lowest BCUT2D eigenvalue weighted by Gasteiger charge is -2.01. The maximum atomic E-state index is 5.10. The second-order valence-electron chi connectivity index (χ2n) is 3.26. The summed E-state index contributed by atoms with van der Waals surface area (Å²) >= 11 is 0. The van der Waals surface area contributed by atoms with Crippen LogP contribution in [0.3, 0.4) is 0 Å². The molecule has 0 bridgehead atoms. The molecule has 0 saturated heterocycles. The average molecular weight is 203 g/mol. The highest BCUT2D eigenvalue weighted by Gasteiger charge is 1.95. The van der Waals surface area contributed by atoms with Gasteiger partial charge in [-0.3, -0.25) is 4.98 Å². The first kappa shape index (κ1) is 9.86. The highest BCUT2D eigenvalue weighted by molar-refractivity contribution is 5.08. The molecular weight excluding hydrogens is 190 g/mol. The van der Waals surface area contributed by atoms with Gasteiger partial charge in [-0.05, 0) is 24.6 Å². The molecule has 15 heavy (non-hydrogen) atoms. The van der Waals surface area contributed by atoms with E-state index in [1.54, 1.807) is 12.4 Å². The van der Waals surface area contributed by atoms with Crippen molar-refractivity contribution in [3.8, 4) is 0 Å². The maximum Gasteiger partial charge on any atom is 0.180 e. The zero-order valence-corrected chi connectivity index (χ0v) is 8.39. The molecular formula is C11H13N3O. The van der Waals surface area contributed by atoms with Crippen molar-refractivity contribution in [1.82, 2.24) is 15.3 Å². The van der Waals surface area contributed by atoms with Gasteiger partial charge in [0.2, 0.25) is 0 Å². The summed E-state index contributed by atoms with van der Waals surface area (Å²) in [6, 6.07) is 4.02. The quantitative estimate of drug-likeness (QED) is 0.746. The summed E-state index contributed by atoms with van der Waals surface area (Å²) in [7, 11) is 0. The van der Waals surface area contributed by atoms with Crippen LogP contribution < -0.4 is 5.32 Å².